The maximum Gasteiger partial charge on any atom is 0.330 e. The number of fused-ring (bicyclic) bond motifs is 1. The number of pyridine rings is 1. The van der Waals surface area contributed by atoms with Crippen molar-refractivity contribution in [2.45, 2.75) is 78.0 Å². The van der Waals surface area contributed by atoms with E-state index >= 15 is 0 Å². The van der Waals surface area contributed by atoms with E-state index in [9.17, 15) is 14.4 Å². The Balaban J connectivity index is 1.71. The van der Waals surface area contributed by atoms with Gasteiger partial charge in [-0.1, -0.05) is 19.1 Å². The summed E-state index contributed by atoms with van der Waals surface area (Å²) >= 11 is 0. The van der Waals surface area contributed by atoms with Crippen LogP contribution in [0.5, 0.6) is 0 Å². The first-order valence-electron chi connectivity index (χ1n) is 13.5. The van der Waals surface area contributed by atoms with E-state index in [1.807, 2.05) is 19.9 Å². The van der Waals surface area contributed by atoms with Crippen LogP contribution in [-0.4, -0.2) is 63.3 Å². The van der Waals surface area contributed by atoms with Gasteiger partial charge in [0.1, 0.15) is 0 Å². The first-order chi connectivity index (χ1) is 18.3. The molecule has 2 amide bonds. The third-order valence-electron chi connectivity index (χ3n) is 7.36. The van der Waals surface area contributed by atoms with Crippen LogP contribution in [0.15, 0.2) is 30.5 Å². The summed E-state index contributed by atoms with van der Waals surface area (Å²) < 4.78 is 6.33. The smallest absolute Gasteiger partial charge is 0.330 e. The summed E-state index contributed by atoms with van der Waals surface area (Å²) in [5.74, 6) is -0.894. The molecule has 10 heteroatoms. The summed E-state index contributed by atoms with van der Waals surface area (Å²) in [6.45, 7) is 13.1. The minimum absolute atomic E-state index is 0.0309. The van der Waals surface area contributed by atoms with Crippen molar-refractivity contribution in [3.63, 3.8) is 0 Å². The van der Waals surface area contributed by atoms with E-state index in [2.05, 4.69) is 59.6 Å². The summed E-state index contributed by atoms with van der Waals surface area (Å²) in [6.07, 6.45) is 8.35. The normalized spacial score (nSPS) is 24.3. The van der Waals surface area contributed by atoms with Crippen molar-refractivity contribution in [1.29, 1.82) is 0 Å². The molecule has 0 radical (unpaired) electrons. The topological polar surface area (TPSA) is 127 Å². The third-order valence-corrected chi connectivity index (χ3v) is 7.36. The summed E-state index contributed by atoms with van der Waals surface area (Å²) in [7, 11) is 1.32. The average molecular weight is 537 g/mol. The first-order valence-corrected chi connectivity index (χ1v) is 13.5. The Morgan fingerprint density at radius 1 is 1.26 bits per heavy atom. The van der Waals surface area contributed by atoms with Crippen LogP contribution in [-0.2, 0) is 20.9 Å². The van der Waals surface area contributed by atoms with Gasteiger partial charge < -0.3 is 20.7 Å². The van der Waals surface area contributed by atoms with Gasteiger partial charge in [-0.25, -0.2) is 14.5 Å². The maximum absolute atomic E-state index is 13.6. The molecule has 0 saturated carbocycles. The lowest BCUT2D eigenvalue weighted by atomic mass is 9.82. The van der Waals surface area contributed by atoms with Gasteiger partial charge in [-0.05, 0) is 65.0 Å². The van der Waals surface area contributed by atoms with Gasteiger partial charge in [0, 0.05) is 29.7 Å². The molecule has 39 heavy (non-hydrogen) atoms. The van der Waals surface area contributed by atoms with Crippen LogP contribution in [0.4, 0.5) is 0 Å². The second-order valence-electron chi connectivity index (χ2n) is 12.1. The van der Waals surface area contributed by atoms with E-state index in [0.29, 0.717) is 22.3 Å². The second kappa shape index (κ2) is 10.9. The lowest BCUT2D eigenvalue weighted by molar-refractivity contribution is -0.135. The van der Waals surface area contributed by atoms with Crippen LogP contribution in [0, 0.1) is 11.8 Å². The molecule has 10 nitrogen and oxygen atoms in total. The zero-order chi connectivity index (χ0) is 28.5. The molecule has 3 N–H and O–H groups in total. The van der Waals surface area contributed by atoms with Crippen molar-refractivity contribution in [3.8, 4) is 0 Å². The highest BCUT2D eigenvalue weighted by atomic mass is 16.5. The maximum atomic E-state index is 13.6. The molecule has 2 aliphatic rings. The minimum atomic E-state index is -0.458. The molecule has 1 fully saturated rings. The second-order valence-corrected chi connectivity index (χ2v) is 12.1. The van der Waals surface area contributed by atoms with Crippen LogP contribution in [0.2, 0.25) is 0 Å². The van der Waals surface area contributed by atoms with Gasteiger partial charge in [-0.15, -0.1) is 0 Å². The highest BCUT2D eigenvalue weighted by Crippen LogP contribution is 2.34. The van der Waals surface area contributed by atoms with E-state index in [0.717, 1.165) is 18.4 Å². The Labute approximate surface area is 229 Å². The SMILES string of the molecule is COC(=O)/C=C/Cn1ncc2c(C(=O)NCC3C(=O)NC(C)CC3C)cc(C3=CC(C)(C)NC(C)(C)C3)nc21. The number of nitrogens with one attached hydrogen (secondary N) is 3. The molecule has 3 atom stereocenters. The van der Waals surface area contributed by atoms with Crippen LogP contribution in [0.3, 0.4) is 0 Å². The molecule has 0 bridgehead atoms. The molecule has 3 unspecified atom stereocenters. The number of allylic oxidation sites excluding steroid dienone is 1. The zero-order valence-corrected chi connectivity index (χ0v) is 23.9. The van der Waals surface area contributed by atoms with Gasteiger partial charge >= 0.3 is 5.97 Å². The van der Waals surface area contributed by atoms with Gasteiger partial charge in [-0.2, -0.15) is 5.10 Å². The minimum Gasteiger partial charge on any atom is -0.466 e. The molecule has 4 rings (SSSR count). The third kappa shape index (κ3) is 6.55. The van der Waals surface area contributed by atoms with E-state index < -0.39 is 5.97 Å². The molecule has 210 valence electrons. The molecule has 4 heterocycles. The summed E-state index contributed by atoms with van der Waals surface area (Å²) in [5, 5.41) is 14.7. The zero-order valence-electron chi connectivity index (χ0n) is 23.9. The van der Waals surface area contributed by atoms with E-state index in [-0.39, 0.29) is 53.9 Å². The molecular formula is C29H40N6O4. The fourth-order valence-electron chi connectivity index (χ4n) is 5.91. The standard InChI is InChI=1S/C29H40N6O4/c1-17-11-18(2)32-27(38)21(17)15-30-26(37)20-12-23(19-13-28(3,4)34-29(5,6)14-19)33-25-22(20)16-31-35(25)10-8-9-24(36)39-7/h8-9,12-13,16-18,21,34H,10-11,14-15H2,1-7H3,(H,30,37)(H,32,38)/b9-8+. The molecule has 2 aromatic rings. The van der Waals surface area contributed by atoms with Gasteiger partial charge in [0.25, 0.3) is 5.91 Å². The summed E-state index contributed by atoms with van der Waals surface area (Å²) in [5.41, 5.74) is 2.29. The number of hydrogen-bond acceptors (Lipinski definition) is 7. The van der Waals surface area contributed by atoms with E-state index in [1.165, 1.54) is 13.2 Å². The monoisotopic (exact) mass is 536 g/mol. The lowest BCUT2D eigenvalue weighted by Crippen LogP contribution is -2.53. The van der Waals surface area contributed by atoms with Gasteiger partial charge in [0.05, 0.1) is 42.4 Å². The number of carbonyl (C=O) groups excluding carboxylic acids is 3. The molecule has 0 spiro atoms. The molecule has 1 saturated heterocycles. The van der Waals surface area contributed by atoms with Crippen molar-refractivity contribution in [2.24, 2.45) is 11.8 Å². The quantitative estimate of drug-likeness (QED) is 0.367. The molecular weight excluding hydrogens is 496 g/mol. The largest absolute Gasteiger partial charge is 0.466 e. The number of ether oxygens (including phenoxy) is 1. The lowest BCUT2D eigenvalue weighted by Gasteiger charge is -2.41. The van der Waals surface area contributed by atoms with Crippen molar-refractivity contribution in [3.05, 3.63) is 41.7 Å². The van der Waals surface area contributed by atoms with Crippen molar-refractivity contribution >= 4 is 34.4 Å². The Kier molecular flexibility index (Phi) is 7.97. The van der Waals surface area contributed by atoms with Gasteiger partial charge in [0.15, 0.2) is 5.65 Å². The predicted molar refractivity (Wildman–Crippen MR) is 150 cm³/mol. The number of piperidine rings is 1. The molecule has 2 aliphatic heterocycles. The van der Waals surface area contributed by atoms with Crippen LogP contribution in [0.25, 0.3) is 16.6 Å². The van der Waals surface area contributed by atoms with E-state index in [1.54, 1.807) is 17.0 Å². The average Bonchev–Trinajstić information content (AvgIpc) is 3.23. The van der Waals surface area contributed by atoms with Gasteiger partial charge in [-0.3, -0.25) is 9.59 Å². The number of carbonyl (C=O) groups is 3. The molecule has 0 aromatic carbocycles. The highest BCUT2D eigenvalue weighted by Gasteiger charge is 2.34. The first kappa shape index (κ1) is 28.5. The van der Waals surface area contributed by atoms with Crippen LogP contribution >= 0.6 is 0 Å². The number of aromatic nitrogens is 3. The molecule has 0 aliphatic carbocycles. The Morgan fingerprint density at radius 2 is 2.00 bits per heavy atom. The van der Waals surface area contributed by atoms with Crippen molar-refractivity contribution < 1.29 is 19.1 Å². The highest BCUT2D eigenvalue weighted by molar-refractivity contribution is 6.06. The van der Waals surface area contributed by atoms with Crippen molar-refractivity contribution in [1.82, 2.24) is 30.7 Å². The number of methoxy groups -OCH3 is 1. The summed E-state index contributed by atoms with van der Waals surface area (Å²) in [6, 6.07) is 1.96. The Morgan fingerprint density at radius 3 is 2.67 bits per heavy atom. The van der Waals surface area contributed by atoms with Crippen LogP contribution < -0.4 is 16.0 Å². The number of amides is 2. The van der Waals surface area contributed by atoms with Crippen molar-refractivity contribution in [2.75, 3.05) is 13.7 Å². The number of rotatable bonds is 7. The van der Waals surface area contributed by atoms with E-state index in [4.69, 9.17) is 4.98 Å². The Bertz CT molecular complexity index is 1340. The summed E-state index contributed by atoms with van der Waals surface area (Å²) in [4.78, 5) is 42.7. The predicted octanol–water partition coefficient (Wildman–Crippen LogP) is 2.98. The number of hydrogen-bond donors (Lipinski definition) is 3. The Hall–Kier alpha value is -3.53. The number of esters is 1. The van der Waals surface area contributed by atoms with Gasteiger partial charge in [0.2, 0.25) is 5.91 Å². The number of nitrogens with zero attached hydrogens (tertiary/aromatic N) is 3. The van der Waals surface area contributed by atoms with Crippen LogP contribution in [0.1, 0.15) is 70.4 Å². The fraction of sp³-hybridized carbons (Fsp3) is 0.552. The molecule has 2 aromatic heterocycles. The fourth-order valence-corrected chi connectivity index (χ4v) is 5.91.